The van der Waals surface area contributed by atoms with Crippen LogP contribution in [0.15, 0.2) is 36.5 Å². The first kappa shape index (κ1) is 17.6. The zero-order valence-corrected chi connectivity index (χ0v) is 14.3. The molecule has 1 aliphatic carbocycles. The summed E-state index contributed by atoms with van der Waals surface area (Å²) in [6.45, 7) is 1.67. The number of rotatable bonds is 4. The van der Waals surface area contributed by atoms with Gasteiger partial charge in [-0.3, -0.25) is 9.78 Å². The second kappa shape index (κ2) is 6.75. The highest BCUT2D eigenvalue weighted by molar-refractivity contribution is 5.98. The normalized spacial score (nSPS) is 17.1. The molecule has 0 unspecified atom stereocenters. The van der Waals surface area contributed by atoms with Gasteiger partial charge in [-0.1, -0.05) is 0 Å². The van der Waals surface area contributed by atoms with Crippen LogP contribution < -0.4 is 9.47 Å². The number of ether oxygens (including phenoxy) is 2. The zero-order valence-electron chi connectivity index (χ0n) is 14.3. The van der Waals surface area contributed by atoms with Gasteiger partial charge in [0.1, 0.15) is 18.1 Å². The van der Waals surface area contributed by atoms with E-state index in [9.17, 15) is 18.0 Å². The Morgan fingerprint density at radius 2 is 1.96 bits per heavy atom. The molecule has 1 amide bonds. The molecule has 142 valence electrons. The lowest BCUT2D eigenvalue weighted by molar-refractivity contribution is -0.274. The maximum Gasteiger partial charge on any atom is 0.573 e. The molecule has 2 aromatic rings. The lowest BCUT2D eigenvalue weighted by Crippen LogP contribution is -2.34. The van der Waals surface area contributed by atoms with Crippen molar-refractivity contribution in [3.63, 3.8) is 0 Å². The lowest BCUT2D eigenvalue weighted by Gasteiger charge is -2.19. The molecule has 0 N–H and O–H groups in total. The monoisotopic (exact) mass is 378 g/mol. The third-order valence-electron chi connectivity index (χ3n) is 4.56. The van der Waals surface area contributed by atoms with E-state index < -0.39 is 6.36 Å². The largest absolute Gasteiger partial charge is 0.573 e. The Morgan fingerprint density at radius 1 is 1.22 bits per heavy atom. The van der Waals surface area contributed by atoms with E-state index in [4.69, 9.17) is 4.74 Å². The van der Waals surface area contributed by atoms with Gasteiger partial charge in [-0.15, -0.1) is 13.2 Å². The minimum atomic E-state index is -4.74. The van der Waals surface area contributed by atoms with Crippen LogP contribution in [0.5, 0.6) is 11.5 Å². The first-order valence-electron chi connectivity index (χ1n) is 8.67. The molecule has 1 aromatic carbocycles. The Bertz CT molecular complexity index is 848. The number of carbonyl (C=O) groups excluding carboxylic acids is 1. The molecule has 4 rings (SSSR count). The van der Waals surface area contributed by atoms with Crippen molar-refractivity contribution in [1.29, 1.82) is 0 Å². The molecule has 27 heavy (non-hydrogen) atoms. The lowest BCUT2D eigenvalue weighted by atomic mass is 10.1. The summed E-state index contributed by atoms with van der Waals surface area (Å²) in [4.78, 5) is 18.9. The summed E-state index contributed by atoms with van der Waals surface area (Å²) in [5.41, 5.74) is 1.49. The van der Waals surface area contributed by atoms with Crippen LogP contribution in [0.25, 0.3) is 11.3 Å². The smallest absolute Gasteiger partial charge is 0.489 e. The van der Waals surface area contributed by atoms with E-state index in [0.29, 0.717) is 41.6 Å². The predicted molar refractivity (Wildman–Crippen MR) is 90.5 cm³/mol. The fourth-order valence-corrected chi connectivity index (χ4v) is 3.03. The molecular weight excluding hydrogens is 361 g/mol. The molecule has 1 fully saturated rings. The number of fused-ring (bicyclic) bond motifs is 1. The van der Waals surface area contributed by atoms with Gasteiger partial charge in [-0.25, -0.2) is 0 Å². The molecule has 8 heteroatoms. The Labute approximate surface area is 153 Å². The molecular formula is C19H17F3N2O3. The summed E-state index contributed by atoms with van der Waals surface area (Å²) in [6.07, 6.45) is -0.960. The van der Waals surface area contributed by atoms with E-state index >= 15 is 0 Å². The molecule has 1 aromatic heterocycles. The van der Waals surface area contributed by atoms with Crippen molar-refractivity contribution < 1.29 is 27.4 Å². The Hall–Kier alpha value is -2.77. The van der Waals surface area contributed by atoms with E-state index in [-0.39, 0.29) is 11.7 Å². The van der Waals surface area contributed by atoms with Gasteiger partial charge in [0.05, 0.1) is 24.0 Å². The van der Waals surface area contributed by atoms with Gasteiger partial charge >= 0.3 is 6.36 Å². The Kier molecular flexibility index (Phi) is 4.41. The first-order chi connectivity index (χ1) is 12.9. The summed E-state index contributed by atoms with van der Waals surface area (Å²) in [7, 11) is 0. The summed E-state index contributed by atoms with van der Waals surface area (Å²) >= 11 is 0. The number of alkyl halides is 3. The number of aromatic nitrogens is 1. The topological polar surface area (TPSA) is 51.7 Å². The van der Waals surface area contributed by atoms with Gasteiger partial charge in [-0.2, -0.15) is 0 Å². The van der Waals surface area contributed by atoms with Crippen LogP contribution in [0, 0.1) is 5.92 Å². The van der Waals surface area contributed by atoms with Crippen molar-refractivity contribution in [2.75, 3.05) is 19.7 Å². The van der Waals surface area contributed by atoms with Gasteiger partial charge in [0.15, 0.2) is 0 Å². The SMILES string of the molecule is O=C1c2cc(-c3ccc(OC(F)(F)F)cc3)ncc2OCCN1CC1CC1. The summed E-state index contributed by atoms with van der Waals surface area (Å²) in [5, 5.41) is 0. The molecule has 1 aliphatic heterocycles. The average Bonchev–Trinajstić information content (AvgIpc) is 3.44. The van der Waals surface area contributed by atoms with Crippen LogP contribution >= 0.6 is 0 Å². The molecule has 5 nitrogen and oxygen atoms in total. The van der Waals surface area contributed by atoms with Crippen molar-refractivity contribution in [2.24, 2.45) is 5.92 Å². The van der Waals surface area contributed by atoms with Crippen molar-refractivity contribution in [3.05, 3.63) is 42.1 Å². The third-order valence-corrected chi connectivity index (χ3v) is 4.56. The number of hydrogen-bond donors (Lipinski definition) is 0. The maximum atomic E-state index is 12.9. The van der Waals surface area contributed by atoms with Gasteiger partial charge in [0.2, 0.25) is 0 Å². The maximum absolute atomic E-state index is 12.9. The zero-order chi connectivity index (χ0) is 19.0. The van der Waals surface area contributed by atoms with Crippen LogP contribution in [0.2, 0.25) is 0 Å². The first-order valence-corrected chi connectivity index (χ1v) is 8.67. The summed E-state index contributed by atoms with van der Waals surface area (Å²) < 4.78 is 46.3. The van der Waals surface area contributed by atoms with Crippen LogP contribution in [-0.2, 0) is 0 Å². The fourth-order valence-electron chi connectivity index (χ4n) is 3.03. The average molecular weight is 378 g/mol. The number of carbonyl (C=O) groups is 1. The van der Waals surface area contributed by atoms with Crippen LogP contribution in [0.3, 0.4) is 0 Å². The third kappa shape index (κ3) is 4.15. The number of hydrogen-bond acceptors (Lipinski definition) is 4. The molecule has 0 radical (unpaired) electrons. The number of benzene rings is 1. The molecule has 0 saturated heterocycles. The molecule has 2 aliphatic rings. The summed E-state index contributed by atoms with van der Waals surface area (Å²) in [6, 6.07) is 7.00. The van der Waals surface area contributed by atoms with Crippen molar-refractivity contribution in [1.82, 2.24) is 9.88 Å². The van der Waals surface area contributed by atoms with Crippen LogP contribution in [0.1, 0.15) is 23.2 Å². The highest BCUT2D eigenvalue weighted by atomic mass is 19.4. The predicted octanol–water partition coefficient (Wildman–Crippen LogP) is 3.89. The molecule has 0 atom stereocenters. The van der Waals surface area contributed by atoms with E-state index in [0.717, 1.165) is 19.4 Å². The van der Waals surface area contributed by atoms with Crippen molar-refractivity contribution in [3.8, 4) is 22.8 Å². The summed E-state index contributed by atoms with van der Waals surface area (Å²) in [5.74, 6) is 0.586. The second-order valence-electron chi connectivity index (χ2n) is 6.68. The highest BCUT2D eigenvalue weighted by Crippen LogP contribution is 2.33. The highest BCUT2D eigenvalue weighted by Gasteiger charge is 2.32. The van der Waals surface area contributed by atoms with Crippen molar-refractivity contribution in [2.45, 2.75) is 19.2 Å². The number of pyridine rings is 1. The number of nitrogens with zero attached hydrogens (tertiary/aromatic N) is 2. The Morgan fingerprint density at radius 3 is 2.63 bits per heavy atom. The van der Waals surface area contributed by atoms with Crippen molar-refractivity contribution >= 4 is 5.91 Å². The number of amides is 1. The quantitative estimate of drug-likeness (QED) is 0.810. The van der Waals surface area contributed by atoms with Crippen LogP contribution in [-0.4, -0.2) is 41.8 Å². The standard InChI is InChI=1S/C19H17F3N2O3/c20-19(21,22)27-14-5-3-13(4-6-14)16-9-15-17(10-23-16)26-8-7-24(18(15)25)11-12-1-2-12/h3-6,9-10,12H,1-2,7-8,11H2. The fraction of sp³-hybridized carbons (Fsp3) is 0.368. The van der Waals surface area contributed by atoms with Crippen LogP contribution in [0.4, 0.5) is 13.2 Å². The van der Waals surface area contributed by atoms with E-state index in [1.807, 2.05) is 0 Å². The van der Waals surface area contributed by atoms with Gasteiger partial charge in [0, 0.05) is 12.1 Å². The van der Waals surface area contributed by atoms with E-state index in [2.05, 4.69) is 9.72 Å². The molecule has 0 spiro atoms. The van der Waals surface area contributed by atoms with Gasteiger partial charge in [-0.05, 0) is 49.1 Å². The molecule has 1 saturated carbocycles. The van der Waals surface area contributed by atoms with E-state index in [1.54, 1.807) is 11.0 Å². The van der Waals surface area contributed by atoms with Gasteiger partial charge in [0.25, 0.3) is 5.91 Å². The van der Waals surface area contributed by atoms with E-state index in [1.165, 1.54) is 30.5 Å². The number of halogens is 3. The minimum absolute atomic E-state index is 0.102. The second-order valence-corrected chi connectivity index (χ2v) is 6.68. The van der Waals surface area contributed by atoms with Gasteiger partial charge < -0.3 is 14.4 Å². The minimum Gasteiger partial charge on any atom is -0.489 e. The Balaban J connectivity index is 1.59. The molecule has 0 bridgehead atoms. The molecule has 2 heterocycles.